The summed E-state index contributed by atoms with van der Waals surface area (Å²) < 4.78 is 160. The molecule has 0 atom stereocenters. The fourth-order valence-corrected chi connectivity index (χ4v) is 7.81. The van der Waals surface area contributed by atoms with E-state index in [1.54, 1.807) is 72.9 Å². The second-order valence-corrected chi connectivity index (χ2v) is 13.5. The predicted molar refractivity (Wildman–Crippen MR) is 199 cm³/mol. The van der Waals surface area contributed by atoms with Gasteiger partial charge >= 0.3 is 0 Å². The summed E-state index contributed by atoms with van der Waals surface area (Å²) in [5, 5.41) is 0. The number of thiol groups is 3. The average molecular weight is 1200 g/mol. The van der Waals surface area contributed by atoms with Crippen molar-refractivity contribution in [3.05, 3.63) is 176 Å². The van der Waals surface area contributed by atoms with E-state index >= 15 is 0 Å². The zero-order valence-corrected chi connectivity index (χ0v) is 39.5. The minimum atomic E-state index is -1.73. The molecule has 0 saturated heterocycles. The Labute approximate surface area is 413 Å². The van der Waals surface area contributed by atoms with Gasteiger partial charge in [-0.25, -0.2) is 52.7 Å². The van der Waals surface area contributed by atoms with Crippen LogP contribution < -0.4 is 0 Å². The Balaban J connectivity index is 0.000000778. The topological polar surface area (TPSA) is 0 Å². The van der Waals surface area contributed by atoms with Crippen LogP contribution in [0.3, 0.4) is 0 Å². The van der Waals surface area contributed by atoms with E-state index < -0.39 is 105 Å². The molecule has 3 aromatic carbocycles. The summed E-state index contributed by atoms with van der Waals surface area (Å²) in [4.78, 5) is 0. The van der Waals surface area contributed by atoms with Crippen LogP contribution in [0.15, 0.2) is 72.9 Å². The Morgan fingerprint density at radius 2 is 0.333 bits per heavy atom. The van der Waals surface area contributed by atoms with Gasteiger partial charge in [0.2, 0.25) is 0 Å². The molecular weight excluding hydrogens is 1170 g/mol. The Hall–Kier alpha value is -1.11. The molecule has 0 nitrogen and oxygen atoms in total. The van der Waals surface area contributed by atoms with Gasteiger partial charge in [-0.05, 0) is 0 Å². The fraction of sp³-hybridized carbons (Fsp3) is 0.268. The van der Waals surface area contributed by atoms with Gasteiger partial charge in [0.1, 0.15) is 0 Å². The predicted octanol–water partition coefficient (Wildman–Crippen LogP) is 11.8. The third-order valence-electron chi connectivity index (χ3n) is 10.4. The molecule has 331 valence electrons. The van der Waals surface area contributed by atoms with Gasteiger partial charge in [-0.15, -0.1) is 0 Å². The number of hydrogen-bond donors (Lipinski definition) is 0. The van der Waals surface area contributed by atoms with Gasteiger partial charge in [-0.2, -0.15) is 0 Å². The van der Waals surface area contributed by atoms with Gasteiger partial charge in [0.05, 0.1) is 0 Å². The molecule has 10 aliphatic rings. The van der Waals surface area contributed by atoms with Crippen molar-refractivity contribution in [2.45, 2.75) is 67.6 Å². The molecule has 60 heavy (non-hydrogen) atoms. The quantitative estimate of drug-likeness (QED) is 0.0419. The molecule has 0 amide bonds. The number of halogens is 12. The standard InChI is InChI=1S/3C12H6F4.C5H10.3Rh.3H2S.Ti/c3*13-9-7-5-1-2-6(4-3-5)8(7)10(14)12(16)11(9)15;1-2-4-5-3-1;;;;;;;/h3*1-6H;1-5H2;;;;3*1H2;/p-3. The monoisotopic (exact) mass is 1200 g/mol. The molecule has 0 aromatic heterocycles. The van der Waals surface area contributed by atoms with E-state index in [1.807, 2.05) is 0 Å². The summed E-state index contributed by atoms with van der Waals surface area (Å²) in [6, 6.07) is 0. The number of rotatable bonds is 0. The van der Waals surface area contributed by atoms with Crippen LogP contribution in [-0.4, -0.2) is 0 Å². The average Bonchev–Trinajstić information content (AvgIpc) is 3.80. The maximum atomic E-state index is 13.5. The van der Waals surface area contributed by atoms with Crippen molar-refractivity contribution in [1.82, 2.24) is 0 Å². The van der Waals surface area contributed by atoms with E-state index in [0.717, 1.165) is 0 Å². The Morgan fingerprint density at radius 3 is 0.433 bits per heavy atom. The summed E-state index contributed by atoms with van der Waals surface area (Å²) in [7, 11) is 0. The van der Waals surface area contributed by atoms with Crippen molar-refractivity contribution in [3.8, 4) is 0 Å². The molecule has 6 bridgehead atoms. The van der Waals surface area contributed by atoms with E-state index in [-0.39, 0.29) is 154 Å². The van der Waals surface area contributed by atoms with Crippen LogP contribution in [0.25, 0.3) is 0 Å². The maximum Gasteiger partial charge on any atom is 0.197 e. The van der Waals surface area contributed by atoms with Gasteiger partial charge in [-0.1, -0.05) is 105 Å². The van der Waals surface area contributed by atoms with Gasteiger partial charge < -0.3 is 40.5 Å². The molecular formula is C41H31F12Rh3S3Ti-3. The summed E-state index contributed by atoms with van der Waals surface area (Å²) in [5.41, 5.74) is -0.464. The summed E-state index contributed by atoms with van der Waals surface area (Å²) >= 11 is 0. The van der Waals surface area contributed by atoms with Crippen LogP contribution in [0.1, 0.15) is 101 Å². The van der Waals surface area contributed by atoms with E-state index in [9.17, 15) is 52.7 Å². The molecule has 0 unspecified atom stereocenters. The third kappa shape index (κ3) is 10.5. The molecule has 0 aliphatic heterocycles. The van der Waals surface area contributed by atoms with Crippen LogP contribution in [0.4, 0.5) is 52.7 Å². The van der Waals surface area contributed by atoms with E-state index in [0.29, 0.717) is 0 Å². The van der Waals surface area contributed by atoms with Gasteiger partial charge in [-0.3, -0.25) is 0 Å². The molecule has 0 N–H and O–H groups in total. The summed E-state index contributed by atoms with van der Waals surface area (Å²) in [6.07, 6.45) is 27.4. The molecule has 1 saturated carbocycles. The van der Waals surface area contributed by atoms with Crippen LogP contribution in [0.5, 0.6) is 0 Å². The minimum absolute atomic E-state index is 0. The first-order valence-corrected chi connectivity index (χ1v) is 17.0. The fourth-order valence-electron chi connectivity index (χ4n) is 7.81. The van der Waals surface area contributed by atoms with Crippen LogP contribution >= 0.6 is 0 Å². The molecule has 13 rings (SSSR count). The third-order valence-corrected chi connectivity index (χ3v) is 10.4. The first-order chi connectivity index (χ1) is 25.3. The maximum absolute atomic E-state index is 13.5. The smallest absolute Gasteiger partial charge is 0.197 e. The SMILES string of the molecule is C1CCCC1.Fc1c(F)c(F)c2c(c1F)C1C=CC2C=C1.Fc1c(F)c(F)c2c(c1F)C1C=CC2C=C1.Fc1c(F)c(F)c2c(c1F)C1C=CC2C=C1.[Rh].[Rh].[Rh].[SH-].[SH-].[SH-].[Ti]. The Bertz CT molecular complexity index is 1800. The molecule has 0 heterocycles. The van der Waals surface area contributed by atoms with E-state index in [4.69, 9.17) is 0 Å². The second kappa shape index (κ2) is 24.3. The van der Waals surface area contributed by atoms with E-state index in [1.165, 1.54) is 32.1 Å². The van der Waals surface area contributed by atoms with Crippen molar-refractivity contribution in [3.63, 3.8) is 0 Å². The Morgan fingerprint density at radius 1 is 0.233 bits per heavy atom. The molecule has 3 aromatic rings. The van der Waals surface area contributed by atoms with Crippen molar-refractivity contribution in [1.29, 1.82) is 0 Å². The molecule has 1 fully saturated rings. The zero-order chi connectivity index (χ0) is 37.9. The normalized spacial score (nSPS) is 22.0. The van der Waals surface area contributed by atoms with Crippen LogP contribution in [0, 0.1) is 69.8 Å². The van der Waals surface area contributed by atoms with Gasteiger partial charge in [0.15, 0.2) is 69.8 Å². The largest absolute Gasteiger partial charge is 0.813 e. The molecule has 10 aliphatic carbocycles. The minimum Gasteiger partial charge on any atom is -0.813 e. The van der Waals surface area contributed by atoms with Crippen molar-refractivity contribution >= 4 is 40.5 Å². The first kappa shape index (κ1) is 58.9. The van der Waals surface area contributed by atoms with E-state index in [2.05, 4.69) is 0 Å². The van der Waals surface area contributed by atoms with Crippen molar-refractivity contribution < 1.29 is 133 Å². The van der Waals surface area contributed by atoms with Crippen LogP contribution in [0.2, 0.25) is 0 Å². The summed E-state index contributed by atoms with van der Waals surface area (Å²) in [6.45, 7) is 0. The number of allylic oxidation sites excluding steroid dienone is 12. The Kier molecular flexibility index (Phi) is 23.8. The van der Waals surface area contributed by atoms with Crippen LogP contribution in [-0.2, 0) is 121 Å². The van der Waals surface area contributed by atoms with Gasteiger partial charge in [0, 0.05) is 149 Å². The molecule has 0 spiro atoms. The molecule has 19 heteroatoms. The van der Waals surface area contributed by atoms with Crippen molar-refractivity contribution in [2.75, 3.05) is 0 Å². The zero-order valence-electron chi connectivity index (χ0n) is 30.3. The van der Waals surface area contributed by atoms with Crippen molar-refractivity contribution in [2.24, 2.45) is 0 Å². The first-order valence-electron chi connectivity index (χ1n) is 17.0. The molecule has 3 radical (unpaired) electrons. The number of benzene rings is 3. The summed E-state index contributed by atoms with van der Waals surface area (Å²) in [5.74, 6) is -21.0. The van der Waals surface area contributed by atoms with Gasteiger partial charge in [0.25, 0.3) is 0 Å². The number of hydrogen-bond acceptors (Lipinski definition) is 3. The second-order valence-electron chi connectivity index (χ2n) is 13.5.